The molecule has 1 unspecified atom stereocenters. The van der Waals surface area contributed by atoms with Gasteiger partial charge in [0.15, 0.2) is 11.8 Å². The van der Waals surface area contributed by atoms with Crippen molar-refractivity contribution in [1.82, 2.24) is 20.2 Å². The molecule has 168 valence electrons. The molecule has 0 aliphatic heterocycles. The molecule has 0 saturated heterocycles. The quantitative estimate of drug-likeness (QED) is 0.0576. The Balaban J connectivity index is 0.00000341. The van der Waals surface area contributed by atoms with Gasteiger partial charge in [0.2, 0.25) is 0 Å². The summed E-state index contributed by atoms with van der Waals surface area (Å²) in [6.45, 7) is 0. The van der Waals surface area contributed by atoms with Gasteiger partial charge in [-0.1, -0.05) is 18.2 Å². The number of nitrogens with one attached hydrogen (secondary N) is 3. The number of hydrazone groups is 1. The second-order valence-electron chi connectivity index (χ2n) is 5.93. The SMILES string of the molecule is CNS(=O)c1ccc(-c2cccc3[nH]c(N)nc23)c(/C(N)=N/NN)c1N(C)SON.S. The predicted molar refractivity (Wildman–Crippen MR) is 131 cm³/mol. The van der Waals surface area contributed by atoms with Crippen molar-refractivity contribution >= 4 is 65.2 Å². The smallest absolute Gasteiger partial charge is 0.198 e. The van der Waals surface area contributed by atoms with Gasteiger partial charge in [0, 0.05) is 12.6 Å². The summed E-state index contributed by atoms with van der Waals surface area (Å²) in [5, 5.41) is 3.94. The fraction of sp³-hybridized carbons (Fsp3) is 0.125. The largest absolute Gasteiger partial charge is 0.382 e. The predicted octanol–water partition coefficient (Wildman–Crippen LogP) is 0.140. The lowest BCUT2D eigenvalue weighted by molar-refractivity contribution is 0.397. The molecule has 0 radical (unpaired) electrons. The highest BCUT2D eigenvalue weighted by atomic mass is 32.2. The van der Waals surface area contributed by atoms with Gasteiger partial charge in [-0.05, 0) is 24.7 Å². The van der Waals surface area contributed by atoms with Gasteiger partial charge in [-0.3, -0.25) is 4.31 Å². The van der Waals surface area contributed by atoms with Crippen molar-refractivity contribution in [1.29, 1.82) is 0 Å². The summed E-state index contributed by atoms with van der Waals surface area (Å²) < 4.78 is 21.7. The van der Waals surface area contributed by atoms with Crippen LogP contribution in [0.1, 0.15) is 5.56 Å². The van der Waals surface area contributed by atoms with E-state index in [1.54, 1.807) is 30.5 Å². The van der Waals surface area contributed by atoms with E-state index in [4.69, 9.17) is 27.5 Å². The van der Waals surface area contributed by atoms with Gasteiger partial charge < -0.3 is 16.5 Å². The molecule has 12 nitrogen and oxygen atoms in total. The van der Waals surface area contributed by atoms with Crippen LogP contribution in [-0.2, 0) is 15.3 Å². The van der Waals surface area contributed by atoms with Crippen molar-refractivity contribution in [2.24, 2.45) is 22.6 Å². The summed E-state index contributed by atoms with van der Waals surface area (Å²) in [5.74, 6) is 11.0. The number of aromatic amines is 1. The molecule has 0 bridgehead atoms. The van der Waals surface area contributed by atoms with Gasteiger partial charge in [-0.2, -0.15) is 13.5 Å². The lowest BCUT2D eigenvalue weighted by Gasteiger charge is -2.24. The Bertz CT molecular complexity index is 1120. The van der Waals surface area contributed by atoms with Crippen molar-refractivity contribution in [3.05, 3.63) is 35.9 Å². The average molecular weight is 485 g/mol. The molecule has 0 amide bonds. The zero-order chi connectivity index (χ0) is 21.8. The Labute approximate surface area is 192 Å². The monoisotopic (exact) mass is 484 g/mol. The number of hydrogen-bond donors (Lipinski definition) is 7. The fourth-order valence-corrected chi connectivity index (χ4v) is 4.40. The van der Waals surface area contributed by atoms with Crippen LogP contribution in [0, 0.1) is 0 Å². The third-order valence-electron chi connectivity index (χ3n) is 4.26. The van der Waals surface area contributed by atoms with E-state index in [0.29, 0.717) is 27.2 Å². The zero-order valence-electron chi connectivity index (χ0n) is 16.7. The van der Waals surface area contributed by atoms with Crippen molar-refractivity contribution in [2.45, 2.75) is 4.90 Å². The Morgan fingerprint density at radius 1 is 1.32 bits per heavy atom. The van der Waals surface area contributed by atoms with Crippen molar-refractivity contribution in [3.8, 4) is 11.1 Å². The number of nitrogen functional groups attached to an aromatic ring is 1. The molecule has 1 heterocycles. The van der Waals surface area contributed by atoms with Crippen molar-refractivity contribution in [2.75, 3.05) is 24.1 Å². The number of benzene rings is 2. The first-order valence-electron chi connectivity index (χ1n) is 8.50. The standard InChI is InChI=1S/C16H22N10O2S2.H2S/c1-21-30(27)11-7-6-8(9-4-3-5-10-13(9)23-16(18)22-10)12(15(17)24-25-19)14(11)26(2)29-28-20;/h3-7,21,25H,19-20H2,1-2H3,(H2,17,24)(H3,18,22,23);1H2. The summed E-state index contributed by atoms with van der Waals surface area (Å²) in [7, 11) is 1.71. The van der Waals surface area contributed by atoms with E-state index in [2.05, 4.69) is 25.3 Å². The van der Waals surface area contributed by atoms with E-state index in [0.717, 1.165) is 23.3 Å². The minimum absolute atomic E-state index is 0. The molecule has 2 aromatic carbocycles. The van der Waals surface area contributed by atoms with Crippen LogP contribution in [0.25, 0.3) is 22.2 Å². The van der Waals surface area contributed by atoms with Crippen LogP contribution in [0.15, 0.2) is 40.3 Å². The summed E-state index contributed by atoms with van der Waals surface area (Å²) in [5.41, 5.74) is 18.0. The second kappa shape index (κ2) is 10.7. The number of H-pyrrole nitrogens is 1. The molecule has 0 aliphatic rings. The molecule has 1 aromatic heterocycles. The maximum absolute atomic E-state index is 12.7. The van der Waals surface area contributed by atoms with E-state index >= 15 is 0 Å². The number of amidine groups is 1. The average Bonchev–Trinajstić information content (AvgIpc) is 3.12. The first kappa shape index (κ1) is 24.7. The molecule has 1 atom stereocenters. The minimum Gasteiger partial charge on any atom is -0.382 e. The highest BCUT2D eigenvalue weighted by molar-refractivity contribution is 7.96. The molecule has 3 rings (SSSR count). The van der Waals surface area contributed by atoms with Crippen LogP contribution in [-0.4, -0.2) is 34.1 Å². The first-order valence-corrected chi connectivity index (χ1v) is 10.3. The molecule has 31 heavy (non-hydrogen) atoms. The zero-order valence-corrected chi connectivity index (χ0v) is 19.3. The Morgan fingerprint density at radius 2 is 2.06 bits per heavy atom. The Kier molecular flexibility index (Phi) is 8.52. The van der Waals surface area contributed by atoms with Crippen LogP contribution >= 0.6 is 25.7 Å². The van der Waals surface area contributed by atoms with Gasteiger partial charge >= 0.3 is 0 Å². The van der Waals surface area contributed by atoms with Crippen molar-refractivity contribution in [3.63, 3.8) is 0 Å². The molecule has 0 saturated carbocycles. The summed E-state index contributed by atoms with van der Waals surface area (Å²) in [4.78, 5) is 7.83. The molecular formula is C16H24N10O2S3. The maximum atomic E-state index is 12.7. The number of aromatic nitrogens is 2. The van der Waals surface area contributed by atoms with E-state index in [1.165, 1.54) is 0 Å². The van der Waals surface area contributed by atoms with Crippen LogP contribution in [0.2, 0.25) is 0 Å². The molecule has 11 N–H and O–H groups in total. The molecule has 0 spiro atoms. The van der Waals surface area contributed by atoms with Gasteiger partial charge in [-0.25, -0.2) is 35.5 Å². The van der Waals surface area contributed by atoms with E-state index in [1.807, 2.05) is 18.2 Å². The fourth-order valence-electron chi connectivity index (χ4n) is 3.12. The number of hydrogen-bond acceptors (Lipinski definition) is 10. The number of hydrazine groups is 1. The van der Waals surface area contributed by atoms with Crippen LogP contribution in [0.4, 0.5) is 11.6 Å². The van der Waals surface area contributed by atoms with Crippen LogP contribution < -0.4 is 37.8 Å². The second-order valence-corrected chi connectivity index (χ2v) is 8.20. The topological polar surface area (TPSA) is 199 Å². The molecule has 0 aliphatic carbocycles. The van der Waals surface area contributed by atoms with Crippen LogP contribution in [0.3, 0.4) is 0 Å². The summed E-state index contributed by atoms with van der Waals surface area (Å²) in [6.07, 6.45) is 0. The van der Waals surface area contributed by atoms with Crippen molar-refractivity contribution < 1.29 is 8.49 Å². The molecule has 0 fully saturated rings. The van der Waals surface area contributed by atoms with E-state index < -0.39 is 11.0 Å². The summed E-state index contributed by atoms with van der Waals surface area (Å²) in [6, 6.07) is 9.08. The van der Waals surface area contributed by atoms with E-state index in [9.17, 15) is 4.21 Å². The third-order valence-corrected chi connectivity index (χ3v) is 5.85. The van der Waals surface area contributed by atoms with E-state index in [-0.39, 0.29) is 25.3 Å². The first-order chi connectivity index (χ1) is 14.4. The third kappa shape index (κ3) is 4.87. The normalized spacial score (nSPS) is 12.5. The Morgan fingerprint density at radius 3 is 2.71 bits per heavy atom. The number of rotatable bonds is 8. The van der Waals surface area contributed by atoms with Crippen LogP contribution in [0.5, 0.6) is 0 Å². The molecular weight excluding hydrogens is 460 g/mol. The number of fused-ring (bicyclic) bond motifs is 1. The lowest BCUT2D eigenvalue weighted by atomic mass is 9.96. The lowest BCUT2D eigenvalue weighted by Crippen LogP contribution is -2.27. The molecule has 3 aromatic rings. The number of para-hydroxylation sites is 1. The maximum Gasteiger partial charge on any atom is 0.198 e. The highest BCUT2D eigenvalue weighted by Gasteiger charge is 2.25. The van der Waals surface area contributed by atoms with Gasteiger partial charge in [0.25, 0.3) is 0 Å². The molecule has 15 heteroatoms. The number of imidazole rings is 1. The minimum atomic E-state index is -1.55. The number of anilines is 2. The van der Waals surface area contributed by atoms with Gasteiger partial charge in [0.05, 0.1) is 27.2 Å². The number of nitrogens with zero attached hydrogens (tertiary/aromatic N) is 3. The highest BCUT2D eigenvalue weighted by Crippen LogP contribution is 2.39. The van der Waals surface area contributed by atoms with Gasteiger partial charge in [0.1, 0.15) is 23.2 Å². The summed E-state index contributed by atoms with van der Waals surface area (Å²) >= 11 is 0.833. The number of nitrogens with two attached hydrogens (primary N) is 4. The Hall–Kier alpha value is -2.53. The van der Waals surface area contributed by atoms with Gasteiger partial charge in [-0.15, -0.1) is 5.10 Å².